The zero-order valence-electron chi connectivity index (χ0n) is 23.2. The van der Waals surface area contributed by atoms with Crippen LogP contribution in [0.25, 0.3) is 17.0 Å². The van der Waals surface area contributed by atoms with E-state index in [1.54, 1.807) is 24.5 Å². The van der Waals surface area contributed by atoms with Crippen molar-refractivity contribution in [1.82, 2.24) is 9.13 Å². The lowest BCUT2D eigenvalue weighted by Crippen LogP contribution is -2.39. The predicted octanol–water partition coefficient (Wildman–Crippen LogP) is 6.42. The van der Waals surface area contributed by atoms with Crippen molar-refractivity contribution >= 4 is 57.5 Å². The minimum Gasteiger partial charge on any atom is -0.463 e. The summed E-state index contributed by atoms with van der Waals surface area (Å²) in [5.74, 6) is -0.469. The summed E-state index contributed by atoms with van der Waals surface area (Å²) in [7, 11) is 0. The van der Waals surface area contributed by atoms with Crippen molar-refractivity contribution in [2.24, 2.45) is 4.99 Å². The van der Waals surface area contributed by atoms with E-state index in [1.165, 1.54) is 11.3 Å². The van der Waals surface area contributed by atoms with Gasteiger partial charge >= 0.3 is 5.97 Å². The van der Waals surface area contributed by atoms with E-state index in [0.717, 1.165) is 33.2 Å². The van der Waals surface area contributed by atoms with Crippen LogP contribution in [0, 0.1) is 6.92 Å². The van der Waals surface area contributed by atoms with Gasteiger partial charge in [0, 0.05) is 29.2 Å². The lowest BCUT2D eigenvalue weighted by molar-refractivity contribution is -0.139. The van der Waals surface area contributed by atoms with Gasteiger partial charge in [0.25, 0.3) is 5.56 Å². The van der Waals surface area contributed by atoms with E-state index < -0.39 is 12.0 Å². The summed E-state index contributed by atoms with van der Waals surface area (Å²) in [5, 5.41) is 2.04. The standard InChI is InChI=1S/C33H27Cl2N3O3S/c1-4-41-32(40)29-20(3)36-33-38(30(29)22-12-9-19(2)10-13-22)31(39)28(42-33)16-23-18-37(27-8-6-5-7-24(23)27)17-21-11-14-25(34)26(35)15-21/h5-16,18,30H,4,17H2,1-3H3/b28-16-/t30-/m0/s1. The summed E-state index contributed by atoms with van der Waals surface area (Å²) in [6.07, 6.45) is 3.95. The third-order valence-electron chi connectivity index (χ3n) is 7.35. The summed E-state index contributed by atoms with van der Waals surface area (Å²) in [6, 6.07) is 20.9. The SMILES string of the molecule is CCOC(=O)C1=C(C)N=c2s/c(=C\c3cn(Cc4ccc(Cl)c(Cl)c4)c4ccccc34)c(=O)n2[C@H]1c1ccc(C)cc1. The number of ether oxygens (including phenoxy) is 1. The average Bonchev–Trinajstić information content (AvgIpc) is 3.47. The average molecular weight is 617 g/mol. The van der Waals surface area contributed by atoms with E-state index >= 15 is 0 Å². The maximum atomic E-state index is 14.1. The van der Waals surface area contributed by atoms with Gasteiger partial charge in [0.15, 0.2) is 4.80 Å². The molecule has 212 valence electrons. The molecule has 1 aliphatic heterocycles. The Morgan fingerprint density at radius 1 is 1.05 bits per heavy atom. The largest absolute Gasteiger partial charge is 0.463 e. The lowest BCUT2D eigenvalue weighted by Gasteiger charge is -2.24. The van der Waals surface area contributed by atoms with Gasteiger partial charge in [0.1, 0.15) is 0 Å². The Morgan fingerprint density at radius 2 is 1.81 bits per heavy atom. The monoisotopic (exact) mass is 615 g/mol. The van der Waals surface area contributed by atoms with Crippen LogP contribution in [0.1, 0.15) is 42.1 Å². The van der Waals surface area contributed by atoms with E-state index in [-0.39, 0.29) is 12.2 Å². The normalized spacial score (nSPS) is 15.2. The highest BCUT2D eigenvalue weighted by Gasteiger charge is 2.33. The van der Waals surface area contributed by atoms with Crippen LogP contribution >= 0.6 is 34.5 Å². The Balaban J connectivity index is 1.50. The summed E-state index contributed by atoms with van der Waals surface area (Å²) in [5.41, 5.74) is 5.56. The van der Waals surface area contributed by atoms with Gasteiger partial charge < -0.3 is 9.30 Å². The van der Waals surface area contributed by atoms with Crippen LogP contribution < -0.4 is 14.9 Å². The fraction of sp³-hybridized carbons (Fsp3) is 0.182. The molecular formula is C33H27Cl2N3O3S. The smallest absolute Gasteiger partial charge is 0.338 e. The van der Waals surface area contributed by atoms with Gasteiger partial charge in [-0.3, -0.25) is 9.36 Å². The number of hydrogen-bond acceptors (Lipinski definition) is 5. The maximum absolute atomic E-state index is 14.1. The number of aromatic nitrogens is 2. The third-order valence-corrected chi connectivity index (χ3v) is 9.08. The molecule has 0 unspecified atom stereocenters. The number of carbonyl (C=O) groups excluding carboxylic acids is 1. The molecule has 0 amide bonds. The van der Waals surface area contributed by atoms with Gasteiger partial charge in [-0.1, -0.05) is 88.6 Å². The van der Waals surface area contributed by atoms with Crippen LogP contribution in [0.15, 0.2) is 94.0 Å². The number of aryl methyl sites for hydroxylation is 1. The molecule has 0 bridgehead atoms. The summed E-state index contributed by atoms with van der Waals surface area (Å²) >= 11 is 13.7. The number of halogens is 2. The number of rotatable bonds is 6. The number of esters is 1. The Hall–Kier alpha value is -3.91. The zero-order valence-corrected chi connectivity index (χ0v) is 25.6. The molecular weight excluding hydrogens is 589 g/mol. The van der Waals surface area contributed by atoms with E-state index in [2.05, 4.69) is 10.6 Å². The van der Waals surface area contributed by atoms with Crippen molar-refractivity contribution in [2.45, 2.75) is 33.4 Å². The Morgan fingerprint density at radius 3 is 2.55 bits per heavy atom. The second-order valence-electron chi connectivity index (χ2n) is 10.2. The van der Waals surface area contributed by atoms with Crippen LogP contribution in [0.3, 0.4) is 0 Å². The van der Waals surface area contributed by atoms with Crippen molar-refractivity contribution < 1.29 is 9.53 Å². The summed E-state index contributed by atoms with van der Waals surface area (Å²) in [4.78, 5) is 32.5. The molecule has 0 spiro atoms. The molecule has 42 heavy (non-hydrogen) atoms. The number of benzene rings is 3. The number of nitrogens with zero attached hydrogens (tertiary/aromatic N) is 3. The number of para-hydroxylation sites is 1. The van der Waals surface area contributed by atoms with Crippen molar-refractivity contribution in [3.05, 3.63) is 136 Å². The van der Waals surface area contributed by atoms with Crippen LogP contribution in [0.5, 0.6) is 0 Å². The molecule has 0 fully saturated rings. The van der Waals surface area contributed by atoms with Crippen molar-refractivity contribution in [2.75, 3.05) is 6.61 Å². The van der Waals surface area contributed by atoms with Crippen molar-refractivity contribution in [3.63, 3.8) is 0 Å². The fourth-order valence-electron chi connectivity index (χ4n) is 5.35. The Bertz CT molecular complexity index is 2070. The predicted molar refractivity (Wildman–Crippen MR) is 169 cm³/mol. The molecule has 6 nitrogen and oxygen atoms in total. The first kappa shape index (κ1) is 28.2. The first-order valence-corrected chi connectivity index (χ1v) is 15.1. The molecule has 9 heteroatoms. The van der Waals surface area contributed by atoms with Crippen LogP contribution in [0.4, 0.5) is 0 Å². The Labute approximate surface area is 256 Å². The topological polar surface area (TPSA) is 65.6 Å². The van der Waals surface area contributed by atoms with Crippen LogP contribution in [-0.2, 0) is 16.1 Å². The molecule has 2 aromatic heterocycles. The molecule has 1 atom stereocenters. The second kappa shape index (κ2) is 11.4. The molecule has 3 aromatic carbocycles. The highest BCUT2D eigenvalue weighted by atomic mass is 35.5. The van der Waals surface area contributed by atoms with Gasteiger partial charge in [-0.2, -0.15) is 0 Å². The fourth-order valence-corrected chi connectivity index (χ4v) is 6.71. The maximum Gasteiger partial charge on any atom is 0.338 e. The molecule has 0 aliphatic carbocycles. The van der Waals surface area contributed by atoms with Crippen LogP contribution in [0.2, 0.25) is 10.0 Å². The summed E-state index contributed by atoms with van der Waals surface area (Å²) in [6.45, 7) is 6.37. The molecule has 0 saturated heterocycles. The van der Waals surface area contributed by atoms with E-state index in [0.29, 0.717) is 37.2 Å². The minimum atomic E-state index is -0.640. The van der Waals surface area contributed by atoms with Crippen LogP contribution in [-0.4, -0.2) is 21.7 Å². The second-order valence-corrected chi connectivity index (χ2v) is 12.0. The zero-order chi connectivity index (χ0) is 29.5. The van der Waals surface area contributed by atoms with Gasteiger partial charge in [0.2, 0.25) is 0 Å². The van der Waals surface area contributed by atoms with E-state index in [9.17, 15) is 9.59 Å². The van der Waals surface area contributed by atoms with E-state index in [4.69, 9.17) is 32.9 Å². The number of carbonyl (C=O) groups is 1. The molecule has 1 aliphatic rings. The molecule has 0 N–H and O–H groups in total. The van der Waals surface area contributed by atoms with Gasteiger partial charge in [-0.05, 0) is 56.2 Å². The van der Waals surface area contributed by atoms with Crippen molar-refractivity contribution in [1.29, 1.82) is 0 Å². The van der Waals surface area contributed by atoms with Crippen molar-refractivity contribution in [3.8, 4) is 0 Å². The van der Waals surface area contributed by atoms with E-state index in [1.807, 2.05) is 73.8 Å². The highest BCUT2D eigenvalue weighted by molar-refractivity contribution is 7.07. The van der Waals surface area contributed by atoms with Gasteiger partial charge in [-0.25, -0.2) is 9.79 Å². The quantitative estimate of drug-likeness (QED) is 0.207. The lowest BCUT2D eigenvalue weighted by atomic mass is 9.95. The molecule has 0 radical (unpaired) electrons. The molecule has 5 aromatic rings. The number of hydrogen-bond donors (Lipinski definition) is 0. The highest BCUT2D eigenvalue weighted by Crippen LogP contribution is 2.31. The Kier molecular flexibility index (Phi) is 7.66. The first-order chi connectivity index (χ1) is 20.2. The number of fused-ring (bicyclic) bond motifs is 2. The first-order valence-electron chi connectivity index (χ1n) is 13.5. The number of allylic oxidation sites excluding steroid dienone is 1. The van der Waals surface area contributed by atoms with Gasteiger partial charge in [-0.15, -0.1) is 0 Å². The number of thiazole rings is 1. The molecule has 0 saturated carbocycles. The summed E-state index contributed by atoms with van der Waals surface area (Å²) < 4.78 is 9.69. The minimum absolute atomic E-state index is 0.208. The molecule has 6 rings (SSSR count). The van der Waals surface area contributed by atoms with Gasteiger partial charge in [0.05, 0.1) is 38.5 Å². The third kappa shape index (κ3) is 5.13. The molecule has 3 heterocycles.